The van der Waals surface area contributed by atoms with Gasteiger partial charge in [0.15, 0.2) is 4.77 Å². The first-order chi connectivity index (χ1) is 9.22. The summed E-state index contributed by atoms with van der Waals surface area (Å²) in [6.45, 7) is 3.97. The van der Waals surface area contributed by atoms with E-state index in [0.29, 0.717) is 4.77 Å². The van der Waals surface area contributed by atoms with Gasteiger partial charge in [-0.3, -0.25) is 4.57 Å². The Bertz CT molecular complexity index is 558. The van der Waals surface area contributed by atoms with E-state index in [-0.39, 0.29) is 0 Å². The zero-order chi connectivity index (χ0) is 13.7. The lowest BCUT2D eigenvalue weighted by atomic mass is 10.1. The smallest absolute Gasteiger partial charge is 0.225 e. The van der Waals surface area contributed by atoms with Crippen molar-refractivity contribution in [2.45, 2.75) is 26.3 Å². The van der Waals surface area contributed by atoms with E-state index in [4.69, 9.17) is 12.2 Å². The average molecular weight is 276 g/mol. The summed E-state index contributed by atoms with van der Waals surface area (Å²) in [5.41, 5.74) is 1.34. The van der Waals surface area contributed by atoms with Crippen LogP contribution in [0.1, 0.15) is 18.9 Å². The second kappa shape index (κ2) is 6.52. The minimum Gasteiger partial charge on any atom is -0.344 e. The van der Waals surface area contributed by atoms with Gasteiger partial charge in [-0.1, -0.05) is 37.3 Å². The van der Waals surface area contributed by atoms with Gasteiger partial charge in [0.25, 0.3) is 0 Å². The zero-order valence-corrected chi connectivity index (χ0v) is 12.3. The average Bonchev–Trinajstić information content (AvgIpc) is 2.80. The Morgan fingerprint density at radius 1 is 1.32 bits per heavy atom. The van der Waals surface area contributed by atoms with Crippen LogP contribution in [0.2, 0.25) is 0 Å². The van der Waals surface area contributed by atoms with Crippen LogP contribution in [0.5, 0.6) is 0 Å². The number of H-pyrrole nitrogens is 1. The number of likely N-dealkylation sites (N-methyl/N-ethyl adjacent to an activating group) is 1. The molecule has 0 aliphatic heterocycles. The molecule has 19 heavy (non-hydrogen) atoms. The number of nitrogens with zero attached hydrogens (tertiary/aromatic N) is 3. The van der Waals surface area contributed by atoms with E-state index in [1.54, 1.807) is 0 Å². The third kappa shape index (κ3) is 3.44. The van der Waals surface area contributed by atoms with E-state index in [9.17, 15) is 0 Å². The first-order valence-corrected chi connectivity index (χ1v) is 7.03. The van der Waals surface area contributed by atoms with E-state index in [1.165, 1.54) is 5.56 Å². The first kappa shape index (κ1) is 13.8. The van der Waals surface area contributed by atoms with Crippen molar-refractivity contribution in [1.29, 1.82) is 0 Å². The quantitative estimate of drug-likeness (QED) is 0.824. The predicted molar refractivity (Wildman–Crippen MR) is 81.1 cm³/mol. The summed E-state index contributed by atoms with van der Waals surface area (Å²) in [6.07, 6.45) is 2.05. The number of aromatic amines is 1. The molecule has 102 valence electrons. The van der Waals surface area contributed by atoms with Gasteiger partial charge in [-0.25, -0.2) is 5.10 Å². The highest BCUT2D eigenvalue weighted by Gasteiger charge is 2.10. The van der Waals surface area contributed by atoms with Crippen molar-refractivity contribution >= 4 is 18.2 Å². The molecule has 0 saturated carbocycles. The van der Waals surface area contributed by atoms with Gasteiger partial charge in [0.2, 0.25) is 5.95 Å². The molecule has 0 saturated heterocycles. The number of aromatic nitrogens is 3. The maximum atomic E-state index is 5.25. The van der Waals surface area contributed by atoms with Crippen LogP contribution in [0.4, 0.5) is 5.95 Å². The fraction of sp³-hybridized carbons (Fsp3) is 0.429. The number of anilines is 1. The summed E-state index contributed by atoms with van der Waals surface area (Å²) in [5, 5.41) is 7.19. The summed E-state index contributed by atoms with van der Waals surface area (Å²) in [7, 11) is 2.06. The van der Waals surface area contributed by atoms with Gasteiger partial charge in [0.1, 0.15) is 0 Å². The van der Waals surface area contributed by atoms with E-state index >= 15 is 0 Å². The Morgan fingerprint density at radius 2 is 2.05 bits per heavy atom. The fourth-order valence-electron chi connectivity index (χ4n) is 2.07. The van der Waals surface area contributed by atoms with Crippen molar-refractivity contribution in [3.63, 3.8) is 0 Å². The molecular weight excluding hydrogens is 256 g/mol. The van der Waals surface area contributed by atoms with Crippen molar-refractivity contribution in [3.8, 4) is 0 Å². The summed E-state index contributed by atoms with van der Waals surface area (Å²) >= 11 is 5.25. The Morgan fingerprint density at radius 3 is 2.74 bits per heavy atom. The molecule has 0 atom stereocenters. The lowest BCUT2D eigenvalue weighted by Crippen LogP contribution is -2.24. The maximum Gasteiger partial charge on any atom is 0.225 e. The van der Waals surface area contributed by atoms with Gasteiger partial charge in [-0.05, 0) is 30.6 Å². The van der Waals surface area contributed by atoms with Crippen LogP contribution in [0.3, 0.4) is 0 Å². The molecular formula is C14H20N4S. The van der Waals surface area contributed by atoms with Crippen LogP contribution in [-0.2, 0) is 13.0 Å². The molecule has 4 nitrogen and oxygen atoms in total. The van der Waals surface area contributed by atoms with Crippen LogP contribution in [0.25, 0.3) is 0 Å². The summed E-state index contributed by atoms with van der Waals surface area (Å²) in [5.74, 6) is 0.919. The van der Waals surface area contributed by atoms with E-state index in [2.05, 4.69) is 57.9 Å². The van der Waals surface area contributed by atoms with Crippen LogP contribution in [0.15, 0.2) is 30.3 Å². The van der Waals surface area contributed by atoms with Crippen LogP contribution >= 0.6 is 12.2 Å². The molecule has 0 bridgehead atoms. The summed E-state index contributed by atoms with van der Waals surface area (Å²) < 4.78 is 2.75. The van der Waals surface area contributed by atoms with Gasteiger partial charge < -0.3 is 4.90 Å². The second-order valence-corrected chi connectivity index (χ2v) is 5.02. The van der Waals surface area contributed by atoms with Crippen LogP contribution < -0.4 is 4.90 Å². The minimum absolute atomic E-state index is 0.698. The largest absolute Gasteiger partial charge is 0.344 e. The lowest BCUT2D eigenvalue weighted by Gasteiger charge is -2.18. The molecule has 2 rings (SSSR count). The number of hydrogen-bond donors (Lipinski definition) is 1. The molecule has 0 aliphatic carbocycles. The van der Waals surface area contributed by atoms with Crippen molar-refractivity contribution in [2.75, 3.05) is 18.5 Å². The van der Waals surface area contributed by atoms with Crippen LogP contribution in [-0.4, -0.2) is 28.4 Å². The van der Waals surface area contributed by atoms with Crippen molar-refractivity contribution < 1.29 is 0 Å². The molecule has 5 heteroatoms. The Labute approximate surface area is 119 Å². The number of rotatable bonds is 6. The van der Waals surface area contributed by atoms with E-state index in [1.807, 2.05) is 6.07 Å². The van der Waals surface area contributed by atoms with Gasteiger partial charge in [-0.2, -0.15) is 0 Å². The van der Waals surface area contributed by atoms with Crippen molar-refractivity contribution in [1.82, 2.24) is 14.8 Å². The topological polar surface area (TPSA) is 36.9 Å². The highest BCUT2D eigenvalue weighted by atomic mass is 32.1. The van der Waals surface area contributed by atoms with Gasteiger partial charge in [0.05, 0.1) is 0 Å². The number of hydrogen-bond acceptors (Lipinski definition) is 3. The molecule has 0 unspecified atom stereocenters. The first-order valence-electron chi connectivity index (χ1n) is 6.62. The van der Waals surface area contributed by atoms with E-state index in [0.717, 1.165) is 31.9 Å². The monoisotopic (exact) mass is 276 g/mol. The third-order valence-corrected chi connectivity index (χ3v) is 3.42. The molecule has 1 aromatic heterocycles. The molecule has 0 aliphatic rings. The molecule has 1 N–H and O–H groups in total. The predicted octanol–water partition coefficient (Wildman–Crippen LogP) is 3.03. The third-order valence-electron chi connectivity index (χ3n) is 3.11. The van der Waals surface area contributed by atoms with Gasteiger partial charge >= 0.3 is 0 Å². The standard InChI is InChI=1S/C14H20N4S/c1-3-10-18-13(15-16-14(18)19)17(2)11-9-12-7-5-4-6-8-12/h4-8H,3,9-11H2,1-2H3,(H,16,19). The Hall–Kier alpha value is -1.62. The molecule has 0 spiro atoms. The zero-order valence-electron chi connectivity index (χ0n) is 11.5. The highest BCUT2D eigenvalue weighted by molar-refractivity contribution is 7.71. The molecule has 2 aromatic rings. The number of nitrogens with one attached hydrogen (secondary N) is 1. The Kier molecular flexibility index (Phi) is 4.74. The van der Waals surface area contributed by atoms with Crippen molar-refractivity contribution in [2.24, 2.45) is 0 Å². The lowest BCUT2D eigenvalue weighted by molar-refractivity contribution is 0.654. The Balaban J connectivity index is 2.04. The summed E-state index contributed by atoms with van der Waals surface area (Å²) in [6, 6.07) is 10.5. The van der Waals surface area contributed by atoms with E-state index < -0.39 is 0 Å². The highest BCUT2D eigenvalue weighted by Crippen LogP contribution is 2.11. The van der Waals surface area contributed by atoms with Crippen LogP contribution in [0, 0.1) is 4.77 Å². The van der Waals surface area contributed by atoms with Gasteiger partial charge in [-0.15, -0.1) is 5.10 Å². The maximum absolute atomic E-state index is 5.25. The minimum atomic E-state index is 0.698. The molecule has 0 amide bonds. The molecule has 0 fully saturated rings. The van der Waals surface area contributed by atoms with Crippen molar-refractivity contribution in [3.05, 3.63) is 40.7 Å². The second-order valence-electron chi connectivity index (χ2n) is 4.64. The molecule has 1 heterocycles. The fourth-order valence-corrected chi connectivity index (χ4v) is 2.29. The van der Waals surface area contributed by atoms with Gasteiger partial charge in [0, 0.05) is 20.1 Å². The normalized spacial score (nSPS) is 10.6. The molecule has 0 radical (unpaired) electrons. The SMILES string of the molecule is CCCn1c(N(C)CCc2ccccc2)n[nH]c1=S. The number of benzene rings is 1. The summed E-state index contributed by atoms with van der Waals surface area (Å²) in [4.78, 5) is 2.15. The molecule has 1 aromatic carbocycles.